The van der Waals surface area contributed by atoms with Gasteiger partial charge in [-0.3, -0.25) is 14.2 Å². The summed E-state index contributed by atoms with van der Waals surface area (Å²) in [6.07, 6.45) is 0.123. The molecular formula is C19H17ClN2O3. The molecule has 2 N–H and O–H groups in total. The van der Waals surface area contributed by atoms with Gasteiger partial charge in [0, 0.05) is 28.7 Å². The van der Waals surface area contributed by atoms with Crippen molar-refractivity contribution in [2.45, 2.75) is 13.3 Å². The molecule has 0 aliphatic rings. The molecule has 1 aromatic heterocycles. The smallest absolute Gasteiger partial charge is 0.262 e. The Bertz CT molecular complexity index is 992. The molecule has 5 nitrogen and oxygen atoms in total. The lowest BCUT2D eigenvalue weighted by atomic mass is 10.1. The first kappa shape index (κ1) is 17.0. The summed E-state index contributed by atoms with van der Waals surface area (Å²) in [5, 5.41) is 13.6. The van der Waals surface area contributed by atoms with Crippen LogP contribution in [0.25, 0.3) is 10.9 Å². The van der Waals surface area contributed by atoms with Crippen LogP contribution in [0.5, 0.6) is 5.75 Å². The van der Waals surface area contributed by atoms with Gasteiger partial charge in [-0.15, -0.1) is 0 Å². The van der Waals surface area contributed by atoms with E-state index in [0.717, 1.165) is 0 Å². The van der Waals surface area contributed by atoms with Crippen LogP contribution in [0.2, 0.25) is 5.02 Å². The number of hydrogen-bond acceptors (Lipinski definition) is 3. The van der Waals surface area contributed by atoms with Gasteiger partial charge in [0.15, 0.2) is 0 Å². The summed E-state index contributed by atoms with van der Waals surface area (Å²) in [6.45, 7) is 1.79. The predicted molar refractivity (Wildman–Crippen MR) is 97.3 cm³/mol. The summed E-state index contributed by atoms with van der Waals surface area (Å²) in [6, 6.07) is 11.5. The number of rotatable bonds is 3. The molecule has 6 heteroatoms. The Morgan fingerprint density at radius 3 is 2.64 bits per heavy atom. The molecule has 128 valence electrons. The molecule has 2 aromatic carbocycles. The quantitative estimate of drug-likeness (QED) is 0.756. The lowest BCUT2D eigenvalue weighted by molar-refractivity contribution is -0.119. The predicted octanol–water partition coefficient (Wildman–Crippen LogP) is 3.29. The highest BCUT2D eigenvalue weighted by molar-refractivity contribution is 6.31. The molecule has 0 aliphatic carbocycles. The summed E-state index contributed by atoms with van der Waals surface area (Å²) in [5.41, 5.74) is 2.46. The minimum absolute atomic E-state index is 0.0815. The highest BCUT2D eigenvalue weighted by Crippen LogP contribution is 2.30. The van der Waals surface area contributed by atoms with E-state index in [1.165, 1.54) is 6.07 Å². The molecule has 0 unspecified atom stereocenters. The van der Waals surface area contributed by atoms with Crippen LogP contribution in [0.1, 0.15) is 21.6 Å². The van der Waals surface area contributed by atoms with E-state index < -0.39 is 0 Å². The number of hydrogen-bond donors (Lipinski definition) is 2. The molecule has 3 rings (SSSR count). The van der Waals surface area contributed by atoms with Crippen molar-refractivity contribution < 1.29 is 14.7 Å². The fourth-order valence-electron chi connectivity index (χ4n) is 2.96. The average Bonchev–Trinajstić information content (AvgIpc) is 2.85. The van der Waals surface area contributed by atoms with E-state index in [4.69, 9.17) is 11.6 Å². The number of aromatic hydroxyl groups is 1. The lowest BCUT2D eigenvalue weighted by Gasteiger charge is -2.08. The normalized spacial score (nSPS) is 10.8. The Hall–Kier alpha value is -2.79. The number of nitrogens with one attached hydrogen (secondary N) is 1. The van der Waals surface area contributed by atoms with Crippen molar-refractivity contribution in [1.29, 1.82) is 0 Å². The fourth-order valence-corrected chi connectivity index (χ4v) is 3.15. The van der Waals surface area contributed by atoms with Crippen molar-refractivity contribution in [3.63, 3.8) is 0 Å². The maximum atomic E-state index is 13.0. The maximum absolute atomic E-state index is 13.0. The fraction of sp³-hybridized carbons (Fsp3) is 0.158. The third kappa shape index (κ3) is 3.10. The first-order valence-electron chi connectivity index (χ1n) is 7.76. The Kier molecular flexibility index (Phi) is 4.51. The molecular weight excluding hydrogens is 340 g/mol. The molecule has 0 saturated carbocycles. The Balaban J connectivity index is 2.23. The number of phenols is 1. The van der Waals surface area contributed by atoms with Crippen LogP contribution in [0.3, 0.4) is 0 Å². The second-order valence-corrected chi connectivity index (χ2v) is 6.20. The monoisotopic (exact) mass is 356 g/mol. The van der Waals surface area contributed by atoms with Crippen LogP contribution in [-0.4, -0.2) is 28.5 Å². The van der Waals surface area contributed by atoms with E-state index in [9.17, 15) is 14.7 Å². The van der Waals surface area contributed by atoms with Gasteiger partial charge in [-0.1, -0.05) is 17.7 Å². The van der Waals surface area contributed by atoms with Crippen LogP contribution in [0, 0.1) is 6.92 Å². The van der Waals surface area contributed by atoms with Crippen molar-refractivity contribution in [1.82, 2.24) is 9.88 Å². The maximum Gasteiger partial charge on any atom is 0.262 e. The van der Waals surface area contributed by atoms with Crippen molar-refractivity contribution in [3.05, 3.63) is 64.3 Å². The second-order valence-electron chi connectivity index (χ2n) is 5.77. The summed E-state index contributed by atoms with van der Waals surface area (Å²) >= 11 is 6.00. The average molecular weight is 357 g/mol. The third-order valence-corrected chi connectivity index (χ3v) is 4.44. The SMILES string of the molecule is CNC(=O)Cc1c(C)n(C(=O)c2cccc(Cl)c2)c2ccc(O)cc12. The molecule has 3 aromatic rings. The zero-order chi connectivity index (χ0) is 18.1. The highest BCUT2D eigenvalue weighted by Gasteiger charge is 2.21. The van der Waals surface area contributed by atoms with Gasteiger partial charge in [-0.25, -0.2) is 0 Å². The molecule has 0 atom stereocenters. The Morgan fingerprint density at radius 2 is 1.96 bits per heavy atom. The van der Waals surface area contributed by atoms with E-state index in [2.05, 4.69) is 5.32 Å². The minimum atomic E-state index is -0.237. The summed E-state index contributed by atoms with van der Waals surface area (Å²) < 4.78 is 1.55. The second kappa shape index (κ2) is 6.61. The number of likely N-dealkylation sites (N-methyl/N-ethyl adjacent to an activating group) is 1. The topological polar surface area (TPSA) is 71.3 Å². The van der Waals surface area contributed by atoms with E-state index >= 15 is 0 Å². The molecule has 1 heterocycles. The van der Waals surface area contributed by atoms with Gasteiger partial charge in [-0.2, -0.15) is 0 Å². The minimum Gasteiger partial charge on any atom is -0.508 e. The number of aromatic nitrogens is 1. The van der Waals surface area contributed by atoms with Gasteiger partial charge in [0.25, 0.3) is 5.91 Å². The number of benzene rings is 2. The van der Waals surface area contributed by atoms with Gasteiger partial charge in [0.05, 0.1) is 11.9 Å². The molecule has 0 radical (unpaired) electrons. The summed E-state index contributed by atoms with van der Waals surface area (Å²) in [4.78, 5) is 24.9. The van der Waals surface area contributed by atoms with Crippen molar-refractivity contribution >= 4 is 34.3 Å². The number of phenolic OH excluding ortho intramolecular Hbond substituents is 1. The zero-order valence-electron chi connectivity index (χ0n) is 13.8. The van der Waals surface area contributed by atoms with Gasteiger partial charge in [0.1, 0.15) is 5.75 Å². The van der Waals surface area contributed by atoms with E-state index in [1.807, 2.05) is 0 Å². The first-order valence-corrected chi connectivity index (χ1v) is 8.14. The number of carbonyl (C=O) groups excluding carboxylic acids is 2. The van der Waals surface area contributed by atoms with Crippen molar-refractivity contribution in [3.8, 4) is 5.75 Å². The standard InChI is InChI=1S/C19H17ClN2O3/c1-11-15(10-18(24)21-2)16-9-14(23)6-7-17(16)22(11)19(25)12-4-3-5-13(20)8-12/h3-9,23H,10H2,1-2H3,(H,21,24). The molecule has 25 heavy (non-hydrogen) atoms. The first-order chi connectivity index (χ1) is 11.9. The molecule has 0 saturated heterocycles. The van der Waals surface area contributed by atoms with Crippen LogP contribution < -0.4 is 5.32 Å². The number of amides is 1. The van der Waals surface area contributed by atoms with Crippen LogP contribution in [0.4, 0.5) is 0 Å². The van der Waals surface area contributed by atoms with Gasteiger partial charge in [0.2, 0.25) is 5.91 Å². The van der Waals surface area contributed by atoms with Crippen LogP contribution in [-0.2, 0) is 11.2 Å². The summed E-state index contributed by atoms with van der Waals surface area (Å²) in [7, 11) is 1.56. The van der Waals surface area contributed by atoms with E-state index in [-0.39, 0.29) is 24.0 Å². The van der Waals surface area contributed by atoms with E-state index in [1.54, 1.807) is 54.9 Å². The highest BCUT2D eigenvalue weighted by atomic mass is 35.5. The molecule has 0 aliphatic heterocycles. The summed E-state index contributed by atoms with van der Waals surface area (Å²) in [5.74, 6) is -0.322. The zero-order valence-corrected chi connectivity index (χ0v) is 14.6. The Morgan fingerprint density at radius 1 is 1.20 bits per heavy atom. The number of halogens is 1. The van der Waals surface area contributed by atoms with Gasteiger partial charge < -0.3 is 10.4 Å². The van der Waals surface area contributed by atoms with Crippen LogP contribution >= 0.6 is 11.6 Å². The largest absolute Gasteiger partial charge is 0.508 e. The number of nitrogens with zero attached hydrogens (tertiary/aromatic N) is 1. The lowest BCUT2D eigenvalue weighted by Crippen LogP contribution is -2.20. The number of carbonyl (C=O) groups is 2. The third-order valence-electron chi connectivity index (χ3n) is 4.21. The molecule has 1 amide bonds. The molecule has 0 spiro atoms. The van der Waals surface area contributed by atoms with Crippen LogP contribution in [0.15, 0.2) is 42.5 Å². The van der Waals surface area contributed by atoms with E-state index in [0.29, 0.717) is 32.7 Å². The van der Waals surface area contributed by atoms with Crippen molar-refractivity contribution in [2.24, 2.45) is 0 Å². The van der Waals surface area contributed by atoms with Gasteiger partial charge in [-0.05, 0) is 48.9 Å². The van der Waals surface area contributed by atoms with Gasteiger partial charge >= 0.3 is 0 Å². The Labute approximate surface area is 149 Å². The molecule has 0 fully saturated rings. The van der Waals surface area contributed by atoms with Crippen molar-refractivity contribution in [2.75, 3.05) is 7.05 Å². The number of fused-ring (bicyclic) bond motifs is 1. The molecule has 0 bridgehead atoms.